The average molecular weight is 276 g/mol. The van der Waals surface area contributed by atoms with Gasteiger partial charge in [0.1, 0.15) is 0 Å². The van der Waals surface area contributed by atoms with Crippen molar-refractivity contribution in [3.05, 3.63) is 40.3 Å². The van der Waals surface area contributed by atoms with Gasteiger partial charge in [-0.2, -0.15) is 5.10 Å². The quantitative estimate of drug-likeness (QED) is 0.683. The molecule has 0 bridgehead atoms. The smallest absolute Gasteiger partial charge is 0.173 e. The Hall–Kier alpha value is -1.46. The van der Waals surface area contributed by atoms with Gasteiger partial charge in [-0.25, -0.2) is 0 Å². The summed E-state index contributed by atoms with van der Waals surface area (Å²) < 4.78 is 4.19. The fourth-order valence-electron chi connectivity index (χ4n) is 1.89. The molecule has 3 aromatic rings. The number of rotatable bonds is 4. The summed E-state index contributed by atoms with van der Waals surface area (Å²) in [6.45, 7) is 0. The van der Waals surface area contributed by atoms with Gasteiger partial charge in [0, 0.05) is 29.1 Å². The molecule has 3 aromatic heterocycles. The highest BCUT2D eigenvalue weighted by molar-refractivity contribution is 7.27. The Balaban J connectivity index is 1.69. The summed E-state index contributed by atoms with van der Waals surface area (Å²) in [5, 5.41) is 6.16. The van der Waals surface area contributed by atoms with Gasteiger partial charge in [-0.3, -0.25) is 9.48 Å². The number of carbonyl (C=O) groups excluding carboxylic acids is 1. The van der Waals surface area contributed by atoms with E-state index in [1.165, 1.54) is 9.40 Å². The lowest BCUT2D eigenvalue weighted by molar-refractivity contribution is 0.0987. The largest absolute Gasteiger partial charge is 0.293 e. The van der Waals surface area contributed by atoms with Gasteiger partial charge in [-0.05, 0) is 29.5 Å². The van der Waals surface area contributed by atoms with Gasteiger partial charge in [0.05, 0.1) is 11.1 Å². The van der Waals surface area contributed by atoms with Crippen LogP contribution in [0.4, 0.5) is 0 Å². The molecule has 0 radical (unpaired) electrons. The van der Waals surface area contributed by atoms with Gasteiger partial charge in [0.25, 0.3) is 0 Å². The van der Waals surface area contributed by atoms with Gasteiger partial charge < -0.3 is 0 Å². The normalized spacial score (nSPS) is 11.2. The Morgan fingerprint density at radius 1 is 1.44 bits per heavy atom. The van der Waals surface area contributed by atoms with Crippen molar-refractivity contribution >= 4 is 37.9 Å². The first-order valence-corrected chi connectivity index (χ1v) is 7.40. The second-order valence-electron chi connectivity index (χ2n) is 4.21. The molecule has 3 rings (SSSR count). The zero-order valence-corrected chi connectivity index (χ0v) is 11.6. The summed E-state index contributed by atoms with van der Waals surface area (Å²) in [7, 11) is 1.89. The lowest BCUT2D eigenvalue weighted by Gasteiger charge is -1.95. The molecule has 0 N–H and O–H groups in total. The maximum absolute atomic E-state index is 12.1. The van der Waals surface area contributed by atoms with Crippen molar-refractivity contribution in [3.63, 3.8) is 0 Å². The number of carbonyl (C=O) groups is 1. The molecular weight excluding hydrogens is 264 g/mol. The van der Waals surface area contributed by atoms with Crippen molar-refractivity contribution in [2.45, 2.75) is 12.8 Å². The summed E-state index contributed by atoms with van der Waals surface area (Å²) in [6.07, 6.45) is 5.10. The maximum atomic E-state index is 12.1. The second-order valence-corrected chi connectivity index (χ2v) is 6.24. The number of ketones is 1. The highest BCUT2D eigenvalue weighted by atomic mass is 32.1. The van der Waals surface area contributed by atoms with Crippen LogP contribution in [0.25, 0.3) is 9.40 Å². The van der Waals surface area contributed by atoms with Crippen molar-refractivity contribution in [2.24, 2.45) is 7.05 Å². The first-order chi connectivity index (χ1) is 8.72. The fraction of sp³-hybridized carbons (Fsp3) is 0.231. The molecule has 0 spiro atoms. The van der Waals surface area contributed by atoms with Crippen LogP contribution in [0.5, 0.6) is 0 Å². The molecule has 5 heteroatoms. The van der Waals surface area contributed by atoms with Crippen LogP contribution in [-0.4, -0.2) is 15.6 Å². The second kappa shape index (κ2) is 4.66. The standard InChI is InChI=1S/C13H12N2OS2/c1-15-8-9(7-14-15)2-3-10(16)12-6-13-11(18-12)4-5-17-13/h4-8H,2-3H2,1H3. The number of fused-ring (bicyclic) bond motifs is 1. The van der Waals surface area contributed by atoms with Crippen molar-refractivity contribution < 1.29 is 4.79 Å². The molecule has 18 heavy (non-hydrogen) atoms. The molecule has 0 aliphatic heterocycles. The highest BCUT2D eigenvalue weighted by Crippen LogP contribution is 2.30. The number of hydrogen-bond acceptors (Lipinski definition) is 4. The molecule has 0 atom stereocenters. The molecule has 0 unspecified atom stereocenters. The Bertz CT molecular complexity index is 664. The number of hydrogen-bond donors (Lipinski definition) is 0. The van der Waals surface area contributed by atoms with E-state index < -0.39 is 0 Å². The van der Waals surface area contributed by atoms with Gasteiger partial charge in [-0.15, -0.1) is 22.7 Å². The predicted molar refractivity (Wildman–Crippen MR) is 75.6 cm³/mol. The van der Waals surface area contributed by atoms with Crippen LogP contribution in [0.15, 0.2) is 29.9 Å². The van der Waals surface area contributed by atoms with Crippen LogP contribution in [-0.2, 0) is 13.5 Å². The SMILES string of the molecule is Cn1cc(CCC(=O)c2cc3sccc3s2)cn1. The summed E-state index contributed by atoms with van der Waals surface area (Å²) in [4.78, 5) is 13.0. The molecule has 0 aromatic carbocycles. The van der Waals surface area contributed by atoms with Crippen molar-refractivity contribution in [1.29, 1.82) is 0 Å². The molecule has 3 heterocycles. The van der Waals surface area contributed by atoms with Gasteiger partial charge in [-0.1, -0.05) is 0 Å². The van der Waals surface area contributed by atoms with Crippen LogP contribution in [0.2, 0.25) is 0 Å². The third kappa shape index (κ3) is 2.23. The summed E-state index contributed by atoms with van der Waals surface area (Å²) >= 11 is 3.28. The van der Waals surface area contributed by atoms with Crippen molar-refractivity contribution in [2.75, 3.05) is 0 Å². The Kier molecular flexibility index (Phi) is 3.01. The highest BCUT2D eigenvalue weighted by Gasteiger charge is 2.11. The van der Waals surface area contributed by atoms with E-state index in [4.69, 9.17) is 0 Å². The number of thiophene rings is 2. The molecule has 0 aliphatic rings. The fourth-order valence-corrected chi connectivity index (χ4v) is 3.96. The Morgan fingerprint density at radius 2 is 2.33 bits per heavy atom. The number of Topliss-reactive ketones (excluding diaryl/α,β-unsaturated/α-hetero) is 1. The molecule has 3 nitrogen and oxygen atoms in total. The molecule has 0 fully saturated rings. The van der Waals surface area contributed by atoms with E-state index in [2.05, 4.69) is 16.5 Å². The van der Waals surface area contributed by atoms with Crippen LogP contribution in [0.1, 0.15) is 21.7 Å². The first-order valence-electron chi connectivity index (χ1n) is 5.70. The van der Waals surface area contributed by atoms with E-state index >= 15 is 0 Å². The number of aryl methyl sites for hydroxylation is 2. The van der Waals surface area contributed by atoms with Crippen LogP contribution < -0.4 is 0 Å². The zero-order valence-electron chi connectivity index (χ0n) is 9.92. The Morgan fingerprint density at radius 3 is 3.06 bits per heavy atom. The summed E-state index contributed by atoms with van der Waals surface area (Å²) in [5.74, 6) is 0.229. The van der Waals surface area contributed by atoms with Crippen LogP contribution in [0.3, 0.4) is 0 Å². The minimum atomic E-state index is 0.229. The minimum Gasteiger partial charge on any atom is -0.293 e. The molecule has 92 valence electrons. The van der Waals surface area contributed by atoms with E-state index in [1.54, 1.807) is 27.4 Å². The maximum Gasteiger partial charge on any atom is 0.173 e. The van der Waals surface area contributed by atoms with E-state index in [1.807, 2.05) is 25.5 Å². The van der Waals surface area contributed by atoms with Gasteiger partial charge in [0.2, 0.25) is 0 Å². The minimum absolute atomic E-state index is 0.229. The van der Waals surface area contributed by atoms with Crippen molar-refractivity contribution in [1.82, 2.24) is 9.78 Å². The zero-order chi connectivity index (χ0) is 12.5. The Labute approximate surface area is 113 Å². The van der Waals surface area contributed by atoms with E-state index in [0.717, 1.165) is 16.9 Å². The van der Waals surface area contributed by atoms with Crippen molar-refractivity contribution in [3.8, 4) is 0 Å². The summed E-state index contributed by atoms with van der Waals surface area (Å²) in [6, 6.07) is 4.08. The lowest BCUT2D eigenvalue weighted by atomic mass is 10.1. The average Bonchev–Trinajstić information content (AvgIpc) is 3.00. The number of nitrogens with zero attached hydrogens (tertiary/aromatic N) is 2. The van der Waals surface area contributed by atoms with Crippen LogP contribution >= 0.6 is 22.7 Å². The monoisotopic (exact) mass is 276 g/mol. The van der Waals surface area contributed by atoms with Gasteiger partial charge >= 0.3 is 0 Å². The topological polar surface area (TPSA) is 34.9 Å². The molecule has 0 saturated carbocycles. The molecule has 0 amide bonds. The third-order valence-electron chi connectivity index (χ3n) is 2.81. The lowest BCUT2D eigenvalue weighted by Crippen LogP contribution is -1.98. The predicted octanol–water partition coefficient (Wildman–Crippen LogP) is 3.51. The van der Waals surface area contributed by atoms with Crippen LogP contribution in [0, 0.1) is 0 Å². The van der Waals surface area contributed by atoms with Gasteiger partial charge in [0.15, 0.2) is 5.78 Å². The molecule has 0 aliphatic carbocycles. The summed E-state index contributed by atoms with van der Waals surface area (Å²) in [5.41, 5.74) is 1.12. The van der Waals surface area contributed by atoms with E-state index in [-0.39, 0.29) is 5.78 Å². The molecule has 0 saturated heterocycles. The number of aromatic nitrogens is 2. The first kappa shape index (κ1) is 11.6. The third-order valence-corrected chi connectivity index (χ3v) is 4.95. The molecular formula is C13H12N2OS2. The van der Waals surface area contributed by atoms with E-state index in [0.29, 0.717) is 6.42 Å². The van der Waals surface area contributed by atoms with E-state index in [9.17, 15) is 4.79 Å².